The number of nitrogens with one attached hydrogen (secondary N) is 1. The third-order valence-corrected chi connectivity index (χ3v) is 3.88. The zero-order valence-electron chi connectivity index (χ0n) is 11.3. The molecule has 1 aliphatic rings. The molecule has 0 saturated heterocycles. The van der Waals surface area contributed by atoms with Crippen LogP contribution in [0, 0.1) is 5.92 Å². The van der Waals surface area contributed by atoms with Gasteiger partial charge in [-0.3, -0.25) is 4.79 Å². The van der Waals surface area contributed by atoms with Crippen molar-refractivity contribution in [3.63, 3.8) is 0 Å². The van der Waals surface area contributed by atoms with E-state index in [0.717, 1.165) is 6.61 Å². The number of carbonyl (C=O) groups excluding carboxylic acids is 1. The van der Waals surface area contributed by atoms with Gasteiger partial charge in [-0.1, -0.05) is 12.8 Å². The SMILES string of the molecule is CNC(C)(CC(C)OCC1CCCC1)C(N)=O. The lowest BCUT2D eigenvalue weighted by molar-refractivity contribution is -0.125. The second-order valence-corrected chi connectivity index (χ2v) is 5.44. The Bertz CT molecular complexity index is 252. The number of nitrogens with two attached hydrogens (primary N) is 1. The lowest BCUT2D eigenvalue weighted by Crippen LogP contribution is -2.53. The summed E-state index contributed by atoms with van der Waals surface area (Å²) in [7, 11) is 1.76. The van der Waals surface area contributed by atoms with Crippen LogP contribution in [-0.2, 0) is 9.53 Å². The van der Waals surface area contributed by atoms with Crippen molar-refractivity contribution in [3.05, 3.63) is 0 Å². The van der Waals surface area contributed by atoms with Crippen LogP contribution in [0.3, 0.4) is 0 Å². The largest absolute Gasteiger partial charge is 0.378 e. The maximum atomic E-state index is 11.4. The fourth-order valence-corrected chi connectivity index (χ4v) is 2.44. The molecule has 0 aromatic rings. The molecular weight excluding hydrogens is 216 g/mol. The molecule has 1 aliphatic carbocycles. The van der Waals surface area contributed by atoms with E-state index in [0.29, 0.717) is 12.3 Å². The molecule has 4 heteroatoms. The minimum atomic E-state index is -0.672. The number of primary amides is 1. The standard InChI is InChI=1S/C13H26N2O2/c1-10(8-13(2,15-3)12(14)16)17-9-11-6-4-5-7-11/h10-11,15H,4-9H2,1-3H3,(H2,14,16). The van der Waals surface area contributed by atoms with E-state index in [2.05, 4.69) is 5.32 Å². The normalized spacial score (nSPS) is 22.3. The topological polar surface area (TPSA) is 64.3 Å². The van der Waals surface area contributed by atoms with E-state index in [1.807, 2.05) is 13.8 Å². The zero-order valence-corrected chi connectivity index (χ0v) is 11.3. The molecule has 4 nitrogen and oxygen atoms in total. The number of rotatable bonds is 7. The minimum Gasteiger partial charge on any atom is -0.378 e. The van der Waals surface area contributed by atoms with Gasteiger partial charge in [-0.25, -0.2) is 0 Å². The Morgan fingerprint density at radius 2 is 2.12 bits per heavy atom. The van der Waals surface area contributed by atoms with Crippen molar-refractivity contribution >= 4 is 5.91 Å². The molecule has 0 heterocycles. The van der Waals surface area contributed by atoms with Crippen LogP contribution in [0.4, 0.5) is 0 Å². The maximum absolute atomic E-state index is 11.4. The summed E-state index contributed by atoms with van der Waals surface area (Å²) in [6.45, 7) is 4.65. The van der Waals surface area contributed by atoms with Crippen molar-refractivity contribution in [2.75, 3.05) is 13.7 Å². The molecule has 100 valence electrons. The van der Waals surface area contributed by atoms with E-state index >= 15 is 0 Å². The summed E-state index contributed by atoms with van der Waals surface area (Å²) in [5, 5.41) is 2.98. The first-order valence-corrected chi connectivity index (χ1v) is 6.58. The van der Waals surface area contributed by atoms with Crippen LogP contribution in [0.25, 0.3) is 0 Å². The van der Waals surface area contributed by atoms with Crippen molar-refractivity contribution in [1.82, 2.24) is 5.32 Å². The molecule has 2 atom stereocenters. The molecule has 3 N–H and O–H groups in total. The fraction of sp³-hybridized carbons (Fsp3) is 0.923. The zero-order chi connectivity index (χ0) is 12.9. The Morgan fingerprint density at radius 3 is 2.59 bits per heavy atom. The first-order valence-electron chi connectivity index (χ1n) is 6.58. The summed E-state index contributed by atoms with van der Waals surface area (Å²) >= 11 is 0. The van der Waals surface area contributed by atoms with Crippen LogP contribution in [0.1, 0.15) is 46.0 Å². The highest BCUT2D eigenvalue weighted by molar-refractivity contribution is 5.84. The smallest absolute Gasteiger partial charge is 0.237 e. The Kier molecular flexibility index (Phi) is 5.40. The van der Waals surface area contributed by atoms with Crippen LogP contribution in [0.5, 0.6) is 0 Å². The fourth-order valence-electron chi connectivity index (χ4n) is 2.44. The summed E-state index contributed by atoms with van der Waals surface area (Å²) in [5.41, 5.74) is 4.72. The Labute approximate surface area is 104 Å². The number of ether oxygens (including phenoxy) is 1. The number of hydrogen-bond acceptors (Lipinski definition) is 3. The predicted molar refractivity (Wildman–Crippen MR) is 68.6 cm³/mol. The van der Waals surface area contributed by atoms with Crippen molar-refractivity contribution in [3.8, 4) is 0 Å². The second kappa shape index (κ2) is 6.36. The van der Waals surface area contributed by atoms with Gasteiger partial charge in [0.25, 0.3) is 0 Å². The van der Waals surface area contributed by atoms with E-state index < -0.39 is 5.54 Å². The van der Waals surface area contributed by atoms with Crippen molar-refractivity contribution in [1.29, 1.82) is 0 Å². The monoisotopic (exact) mass is 242 g/mol. The van der Waals surface area contributed by atoms with Crippen molar-refractivity contribution in [2.45, 2.75) is 57.6 Å². The van der Waals surface area contributed by atoms with E-state index in [9.17, 15) is 4.79 Å². The summed E-state index contributed by atoms with van der Waals surface area (Å²) in [6, 6.07) is 0. The molecule has 1 saturated carbocycles. The van der Waals surface area contributed by atoms with Gasteiger partial charge in [-0.05, 0) is 39.7 Å². The highest BCUT2D eigenvalue weighted by Crippen LogP contribution is 2.25. The minimum absolute atomic E-state index is 0.0561. The van der Waals surface area contributed by atoms with E-state index in [1.165, 1.54) is 25.7 Å². The summed E-state index contributed by atoms with van der Waals surface area (Å²) in [4.78, 5) is 11.4. The summed E-state index contributed by atoms with van der Waals surface area (Å²) < 4.78 is 5.83. The Morgan fingerprint density at radius 1 is 1.53 bits per heavy atom. The predicted octanol–water partition coefficient (Wildman–Crippen LogP) is 1.44. The number of amides is 1. The lowest BCUT2D eigenvalue weighted by atomic mass is 9.94. The number of hydrogen-bond donors (Lipinski definition) is 2. The molecule has 0 aromatic heterocycles. The molecule has 0 radical (unpaired) electrons. The van der Waals surface area contributed by atoms with Gasteiger partial charge < -0.3 is 15.8 Å². The van der Waals surface area contributed by atoms with Gasteiger partial charge in [0.2, 0.25) is 5.91 Å². The molecule has 0 spiro atoms. The first kappa shape index (κ1) is 14.5. The van der Waals surface area contributed by atoms with E-state index in [1.54, 1.807) is 7.05 Å². The molecule has 2 unspecified atom stereocenters. The molecule has 17 heavy (non-hydrogen) atoms. The second-order valence-electron chi connectivity index (χ2n) is 5.44. The number of likely N-dealkylation sites (N-methyl/N-ethyl adjacent to an activating group) is 1. The van der Waals surface area contributed by atoms with Crippen molar-refractivity contribution < 1.29 is 9.53 Å². The highest BCUT2D eigenvalue weighted by Gasteiger charge is 2.31. The lowest BCUT2D eigenvalue weighted by Gasteiger charge is -2.29. The Hall–Kier alpha value is -0.610. The van der Waals surface area contributed by atoms with E-state index in [4.69, 9.17) is 10.5 Å². The molecule has 1 fully saturated rings. The average molecular weight is 242 g/mol. The van der Waals surface area contributed by atoms with Gasteiger partial charge in [-0.15, -0.1) is 0 Å². The first-order chi connectivity index (χ1) is 7.98. The average Bonchev–Trinajstić information content (AvgIpc) is 2.78. The summed E-state index contributed by atoms with van der Waals surface area (Å²) in [5.74, 6) is 0.392. The summed E-state index contributed by atoms with van der Waals surface area (Å²) in [6.07, 6.45) is 5.90. The molecular formula is C13H26N2O2. The molecule has 1 amide bonds. The highest BCUT2D eigenvalue weighted by atomic mass is 16.5. The molecule has 0 aliphatic heterocycles. The van der Waals surface area contributed by atoms with Crippen molar-refractivity contribution in [2.24, 2.45) is 11.7 Å². The van der Waals surface area contributed by atoms with Gasteiger partial charge in [0.1, 0.15) is 0 Å². The quantitative estimate of drug-likeness (QED) is 0.710. The van der Waals surface area contributed by atoms with Crippen LogP contribution in [0.15, 0.2) is 0 Å². The van der Waals surface area contributed by atoms with Gasteiger partial charge in [0.05, 0.1) is 11.6 Å². The molecule has 1 rings (SSSR count). The molecule has 0 aromatic carbocycles. The van der Waals surface area contributed by atoms with Crippen LogP contribution in [-0.4, -0.2) is 31.2 Å². The van der Waals surface area contributed by atoms with Crippen LogP contribution in [0.2, 0.25) is 0 Å². The molecule has 0 bridgehead atoms. The van der Waals surface area contributed by atoms with Gasteiger partial charge in [0, 0.05) is 13.0 Å². The maximum Gasteiger partial charge on any atom is 0.237 e. The third-order valence-electron chi connectivity index (χ3n) is 3.88. The van der Waals surface area contributed by atoms with Gasteiger partial charge in [-0.2, -0.15) is 0 Å². The van der Waals surface area contributed by atoms with Crippen LogP contribution < -0.4 is 11.1 Å². The van der Waals surface area contributed by atoms with Gasteiger partial charge >= 0.3 is 0 Å². The van der Waals surface area contributed by atoms with E-state index in [-0.39, 0.29) is 12.0 Å². The van der Waals surface area contributed by atoms with Crippen LogP contribution >= 0.6 is 0 Å². The Balaban J connectivity index is 2.31. The number of carbonyl (C=O) groups is 1. The van der Waals surface area contributed by atoms with Gasteiger partial charge in [0.15, 0.2) is 0 Å². The third kappa shape index (κ3) is 4.28.